The standard InChI is InChI=1S/C22H20/c1-3-9-17(10-4-1)21-15-19-13-7-8-14-20(19)16-22(21)18-11-5-2-6-12-18/h1-6,9-12,15-16H,7-8,13-14H2. The van der Waals surface area contributed by atoms with Crippen LogP contribution < -0.4 is 0 Å². The van der Waals surface area contributed by atoms with E-state index in [4.69, 9.17) is 0 Å². The Labute approximate surface area is 132 Å². The number of benzene rings is 3. The molecule has 0 amide bonds. The second-order valence-corrected chi connectivity index (χ2v) is 6.11. The van der Waals surface area contributed by atoms with Crippen LogP contribution in [-0.4, -0.2) is 0 Å². The van der Waals surface area contributed by atoms with Crippen LogP contribution in [0.25, 0.3) is 22.3 Å². The molecule has 0 N–H and O–H groups in total. The van der Waals surface area contributed by atoms with E-state index in [9.17, 15) is 0 Å². The molecule has 3 aromatic carbocycles. The van der Waals surface area contributed by atoms with E-state index in [1.807, 2.05) is 0 Å². The van der Waals surface area contributed by atoms with E-state index in [-0.39, 0.29) is 0 Å². The number of hydrogen-bond donors (Lipinski definition) is 0. The maximum Gasteiger partial charge on any atom is -0.0102 e. The molecule has 1 aliphatic rings. The Balaban J connectivity index is 1.95. The first-order chi connectivity index (χ1) is 10.9. The van der Waals surface area contributed by atoms with Gasteiger partial charge in [0.2, 0.25) is 0 Å². The van der Waals surface area contributed by atoms with Crippen LogP contribution in [0.1, 0.15) is 24.0 Å². The Morgan fingerprint density at radius 2 is 0.909 bits per heavy atom. The fourth-order valence-corrected chi connectivity index (χ4v) is 3.50. The van der Waals surface area contributed by atoms with Gasteiger partial charge in [-0.25, -0.2) is 0 Å². The molecule has 4 rings (SSSR count). The van der Waals surface area contributed by atoms with Crippen molar-refractivity contribution in [3.05, 3.63) is 83.9 Å². The minimum atomic E-state index is 1.23. The summed E-state index contributed by atoms with van der Waals surface area (Å²) in [6, 6.07) is 26.4. The Morgan fingerprint density at radius 1 is 0.500 bits per heavy atom. The van der Waals surface area contributed by atoms with E-state index in [0.717, 1.165) is 0 Å². The molecule has 108 valence electrons. The number of aryl methyl sites for hydroxylation is 2. The van der Waals surface area contributed by atoms with Crippen molar-refractivity contribution in [3.63, 3.8) is 0 Å². The maximum atomic E-state index is 2.44. The monoisotopic (exact) mass is 284 g/mol. The molecule has 1 aliphatic carbocycles. The first-order valence-corrected chi connectivity index (χ1v) is 8.18. The summed E-state index contributed by atoms with van der Waals surface area (Å²) in [5, 5.41) is 0. The second kappa shape index (κ2) is 5.81. The highest BCUT2D eigenvalue weighted by atomic mass is 14.2. The lowest BCUT2D eigenvalue weighted by Crippen LogP contribution is -2.03. The van der Waals surface area contributed by atoms with Crippen LogP contribution in [0.3, 0.4) is 0 Å². The molecule has 0 radical (unpaired) electrons. The molecule has 0 bridgehead atoms. The van der Waals surface area contributed by atoms with Crippen molar-refractivity contribution in [2.24, 2.45) is 0 Å². The zero-order valence-corrected chi connectivity index (χ0v) is 12.8. The van der Waals surface area contributed by atoms with E-state index in [1.54, 1.807) is 11.1 Å². The van der Waals surface area contributed by atoms with Gasteiger partial charge in [-0.15, -0.1) is 0 Å². The lowest BCUT2D eigenvalue weighted by atomic mass is 9.84. The molecule has 0 saturated carbocycles. The van der Waals surface area contributed by atoms with Crippen molar-refractivity contribution in [1.82, 2.24) is 0 Å². The predicted molar refractivity (Wildman–Crippen MR) is 94.0 cm³/mol. The van der Waals surface area contributed by atoms with Crippen LogP contribution >= 0.6 is 0 Å². The Morgan fingerprint density at radius 3 is 1.32 bits per heavy atom. The average molecular weight is 284 g/mol. The second-order valence-electron chi connectivity index (χ2n) is 6.11. The molecular formula is C22H20. The van der Waals surface area contributed by atoms with E-state index in [1.165, 1.54) is 47.9 Å². The normalized spacial score (nSPS) is 13.6. The smallest absolute Gasteiger partial charge is 0.0102 e. The minimum absolute atomic E-state index is 1.23. The molecular weight excluding hydrogens is 264 g/mol. The summed E-state index contributed by atoms with van der Waals surface area (Å²) in [5.74, 6) is 0. The van der Waals surface area contributed by atoms with Gasteiger partial charge in [0, 0.05) is 0 Å². The topological polar surface area (TPSA) is 0 Å². The molecule has 3 aromatic rings. The fraction of sp³-hybridized carbons (Fsp3) is 0.182. The van der Waals surface area contributed by atoms with Crippen molar-refractivity contribution in [2.45, 2.75) is 25.7 Å². The van der Waals surface area contributed by atoms with Crippen LogP contribution in [0.5, 0.6) is 0 Å². The van der Waals surface area contributed by atoms with Crippen LogP contribution in [0.15, 0.2) is 72.8 Å². The van der Waals surface area contributed by atoms with Crippen LogP contribution in [-0.2, 0) is 12.8 Å². The first kappa shape index (κ1) is 13.3. The van der Waals surface area contributed by atoms with Gasteiger partial charge in [0.15, 0.2) is 0 Å². The summed E-state index contributed by atoms with van der Waals surface area (Å²) in [7, 11) is 0. The van der Waals surface area contributed by atoms with Gasteiger partial charge in [-0.2, -0.15) is 0 Å². The predicted octanol–water partition coefficient (Wildman–Crippen LogP) is 5.90. The maximum absolute atomic E-state index is 2.44. The third-order valence-corrected chi connectivity index (χ3v) is 4.65. The van der Waals surface area contributed by atoms with Gasteiger partial charge in [0.05, 0.1) is 0 Å². The summed E-state index contributed by atoms with van der Waals surface area (Å²) < 4.78 is 0. The third kappa shape index (κ3) is 2.46. The summed E-state index contributed by atoms with van der Waals surface area (Å²) in [4.78, 5) is 0. The van der Waals surface area contributed by atoms with Gasteiger partial charge in [-0.05, 0) is 59.1 Å². The minimum Gasteiger partial charge on any atom is -0.0622 e. The SMILES string of the molecule is c1ccc(-c2cc3c(cc2-c2ccccc2)CCCC3)cc1. The Hall–Kier alpha value is -2.34. The van der Waals surface area contributed by atoms with Crippen LogP contribution in [0.2, 0.25) is 0 Å². The molecule has 22 heavy (non-hydrogen) atoms. The van der Waals surface area contributed by atoms with Gasteiger partial charge >= 0.3 is 0 Å². The van der Waals surface area contributed by atoms with E-state index < -0.39 is 0 Å². The van der Waals surface area contributed by atoms with Crippen molar-refractivity contribution < 1.29 is 0 Å². The largest absolute Gasteiger partial charge is 0.0622 e. The molecule has 0 aromatic heterocycles. The summed E-state index contributed by atoms with van der Waals surface area (Å²) in [6.45, 7) is 0. The number of fused-ring (bicyclic) bond motifs is 1. The highest BCUT2D eigenvalue weighted by molar-refractivity contribution is 5.84. The van der Waals surface area contributed by atoms with Crippen LogP contribution in [0.4, 0.5) is 0 Å². The van der Waals surface area contributed by atoms with Gasteiger partial charge in [0.1, 0.15) is 0 Å². The number of hydrogen-bond acceptors (Lipinski definition) is 0. The van der Waals surface area contributed by atoms with Crippen molar-refractivity contribution in [1.29, 1.82) is 0 Å². The van der Waals surface area contributed by atoms with E-state index in [2.05, 4.69) is 72.8 Å². The van der Waals surface area contributed by atoms with Crippen molar-refractivity contribution in [2.75, 3.05) is 0 Å². The van der Waals surface area contributed by atoms with Gasteiger partial charge in [-0.3, -0.25) is 0 Å². The summed E-state index contributed by atoms with van der Waals surface area (Å²) >= 11 is 0. The summed E-state index contributed by atoms with van der Waals surface area (Å²) in [5.41, 5.74) is 8.46. The first-order valence-electron chi connectivity index (χ1n) is 8.18. The lowest BCUT2D eigenvalue weighted by molar-refractivity contribution is 0.686. The van der Waals surface area contributed by atoms with Crippen molar-refractivity contribution in [3.8, 4) is 22.3 Å². The van der Waals surface area contributed by atoms with E-state index >= 15 is 0 Å². The summed E-state index contributed by atoms with van der Waals surface area (Å²) in [6.07, 6.45) is 5.10. The molecule has 0 unspecified atom stereocenters. The number of rotatable bonds is 2. The average Bonchev–Trinajstić information content (AvgIpc) is 2.62. The van der Waals surface area contributed by atoms with E-state index in [0.29, 0.717) is 0 Å². The zero-order chi connectivity index (χ0) is 14.8. The quantitative estimate of drug-likeness (QED) is 0.549. The fourth-order valence-electron chi connectivity index (χ4n) is 3.50. The molecule has 0 fully saturated rings. The molecule has 0 heterocycles. The highest BCUT2D eigenvalue weighted by Crippen LogP contribution is 2.36. The molecule has 0 atom stereocenters. The van der Waals surface area contributed by atoms with Gasteiger partial charge < -0.3 is 0 Å². The third-order valence-electron chi connectivity index (χ3n) is 4.65. The highest BCUT2D eigenvalue weighted by Gasteiger charge is 2.15. The van der Waals surface area contributed by atoms with Crippen LogP contribution in [0, 0.1) is 0 Å². The Bertz CT molecular complexity index is 701. The Kier molecular flexibility index (Phi) is 3.52. The molecule has 0 heteroatoms. The molecule has 0 saturated heterocycles. The van der Waals surface area contributed by atoms with Gasteiger partial charge in [-0.1, -0.05) is 72.8 Å². The molecule has 0 spiro atoms. The molecule has 0 aliphatic heterocycles. The van der Waals surface area contributed by atoms with Gasteiger partial charge in [0.25, 0.3) is 0 Å². The lowest BCUT2D eigenvalue weighted by Gasteiger charge is -2.20. The molecule has 0 nitrogen and oxygen atoms in total. The van der Waals surface area contributed by atoms with Crippen molar-refractivity contribution >= 4 is 0 Å². The zero-order valence-electron chi connectivity index (χ0n) is 12.8.